The van der Waals surface area contributed by atoms with Crippen LogP contribution in [0.2, 0.25) is 0 Å². The van der Waals surface area contributed by atoms with E-state index in [0.29, 0.717) is 10.5 Å². The van der Waals surface area contributed by atoms with E-state index in [1.54, 1.807) is 6.92 Å². The highest BCUT2D eigenvalue weighted by molar-refractivity contribution is 7.16. The highest BCUT2D eigenvalue weighted by Crippen LogP contribution is 2.22. The Hall–Kier alpha value is -2.79. The first-order valence-corrected chi connectivity index (χ1v) is 7.25. The van der Waals surface area contributed by atoms with Crippen LogP contribution in [0.25, 0.3) is 10.2 Å². The lowest BCUT2D eigenvalue weighted by Gasteiger charge is -2.00. The van der Waals surface area contributed by atoms with Crippen molar-refractivity contribution < 1.29 is 18.1 Å². The lowest BCUT2D eigenvalue weighted by Crippen LogP contribution is -2.17. The number of benzene rings is 1. The Morgan fingerprint density at radius 2 is 2.26 bits per heavy atom. The van der Waals surface area contributed by atoms with Crippen LogP contribution in [-0.4, -0.2) is 15.6 Å². The third kappa shape index (κ3) is 2.78. The number of halogens is 2. The van der Waals surface area contributed by atoms with Crippen molar-refractivity contribution in [2.75, 3.05) is 0 Å². The second-order valence-electron chi connectivity index (χ2n) is 4.65. The molecule has 5 nitrogen and oxygen atoms in total. The zero-order valence-corrected chi connectivity index (χ0v) is 12.7. The van der Waals surface area contributed by atoms with Crippen molar-refractivity contribution in [3.8, 4) is 12.3 Å². The van der Waals surface area contributed by atoms with Crippen molar-refractivity contribution in [1.29, 1.82) is 0 Å². The summed E-state index contributed by atoms with van der Waals surface area (Å²) >= 11 is 0.963. The molecule has 0 unspecified atom stereocenters. The summed E-state index contributed by atoms with van der Waals surface area (Å²) in [6.45, 7) is 1.63. The van der Waals surface area contributed by atoms with Crippen LogP contribution >= 0.6 is 11.3 Å². The molecule has 0 N–H and O–H groups in total. The van der Waals surface area contributed by atoms with Crippen LogP contribution in [0, 0.1) is 30.9 Å². The van der Waals surface area contributed by atoms with Crippen LogP contribution in [0.1, 0.15) is 16.2 Å². The number of amides is 1. The maximum atomic E-state index is 14.0. The standard InChI is InChI=1S/C15H9F2N3O2S/c1-3-4-20-13-10(17)6-9(16)7-12(13)23-15(20)18-14(21)11-5-8(2)22-19-11/h1,5-7H,4H2,2H3. The highest BCUT2D eigenvalue weighted by atomic mass is 32.1. The van der Waals surface area contributed by atoms with E-state index in [0.717, 1.165) is 17.4 Å². The van der Waals surface area contributed by atoms with E-state index >= 15 is 0 Å². The Kier molecular flexibility index (Phi) is 3.80. The summed E-state index contributed by atoms with van der Waals surface area (Å²) in [7, 11) is 0. The molecule has 0 aliphatic rings. The number of thiazole rings is 1. The van der Waals surface area contributed by atoms with Crippen LogP contribution in [0.5, 0.6) is 0 Å². The number of hydrogen-bond acceptors (Lipinski definition) is 4. The van der Waals surface area contributed by atoms with Gasteiger partial charge in [0.15, 0.2) is 16.3 Å². The lowest BCUT2D eigenvalue weighted by atomic mass is 10.3. The number of fused-ring (bicyclic) bond motifs is 1. The Morgan fingerprint density at radius 1 is 1.48 bits per heavy atom. The highest BCUT2D eigenvalue weighted by Gasteiger charge is 2.15. The first-order chi connectivity index (χ1) is 11.0. The van der Waals surface area contributed by atoms with E-state index in [1.807, 2.05) is 0 Å². The Bertz CT molecular complexity index is 1020. The SMILES string of the molecule is C#CCn1c(=NC(=O)c2cc(C)on2)sc2cc(F)cc(F)c21. The molecular formula is C15H9F2N3O2S. The predicted molar refractivity (Wildman–Crippen MR) is 79.7 cm³/mol. The summed E-state index contributed by atoms with van der Waals surface area (Å²) < 4.78 is 33.9. The molecule has 0 radical (unpaired) electrons. The number of carbonyl (C=O) groups is 1. The van der Waals surface area contributed by atoms with E-state index in [1.165, 1.54) is 16.7 Å². The summed E-state index contributed by atoms with van der Waals surface area (Å²) in [5.74, 6) is 0.695. The van der Waals surface area contributed by atoms with Gasteiger partial charge in [-0.1, -0.05) is 22.4 Å². The van der Waals surface area contributed by atoms with Gasteiger partial charge in [0.05, 0.1) is 16.8 Å². The first-order valence-electron chi connectivity index (χ1n) is 6.44. The van der Waals surface area contributed by atoms with Crippen molar-refractivity contribution in [2.45, 2.75) is 13.5 Å². The summed E-state index contributed by atoms with van der Waals surface area (Å²) in [5, 5.41) is 3.58. The summed E-state index contributed by atoms with van der Waals surface area (Å²) in [6, 6.07) is 3.36. The average molecular weight is 333 g/mol. The molecule has 0 fully saturated rings. The normalized spacial score (nSPS) is 11.8. The quantitative estimate of drug-likeness (QED) is 0.678. The number of rotatable bonds is 2. The fourth-order valence-electron chi connectivity index (χ4n) is 2.06. The van der Waals surface area contributed by atoms with Crippen molar-refractivity contribution in [3.05, 3.63) is 46.1 Å². The van der Waals surface area contributed by atoms with E-state index in [4.69, 9.17) is 10.9 Å². The van der Waals surface area contributed by atoms with Crippen molar-refractivity contribution in [2.24, 2.45) is 4.99 Å². The monoisotopic (exact) mass is 333 g/mol. The van der Waals surface area contributed by atoms with Gasteiger partial charge in [-0.05, 0) is 13.0 Å². The molecule has 0 aliphatic carbocycles. The van der Waals surface area contributed by atoms with Gasteiger partial charge in [-0.2, -0.15) is 4.99 Å². The molecule has 0 atom stereocenters. The molecule has 8 heteroatoms. The molecule has 2 heterocycles. The topological polar surface area (TPSA) is 60.4 Å². The molecule has 0 saturated heterocycles. The molecule has 0 bridgehead atoms. The molecule has 2 aromatic heterocycles. The number of aryl methyl sites for hydroxylation is 1. The molecule has 3 rings (SSSR count). The summed E-state index contributed by atoms with van der Waals surface area (Å²) in [6.07, 6.45) is 5.29. The number of aromatic nitrogens is 2. The average Bonchev–Trinajstić information content (AvgIpc) is 3.04. The fourth-order valence-corrected chi connectivity index (χ4v) is 3.13. The number of hydrogen-bond donors (Lipinski definition) is 0. The van der Waals surface area contributed by atoms with Gasteiger partial charge in [-0.15, -0.1) is 6.42 Å². The van der Waals surface area contributed by atoms with Crippen LogP contribution in [-0.2, 0) is 6.54 Å². The van der Waals surface area contributed by atoms with Crippen molar-refractivity contribution >= 4 is 27.5 Å². The van der Waals surface area contributed by atoms with E-state index < -0.39 is 17.5 Å². The zero-order chi connectivity index (χ0) is 16.6. The Labute approximate surface area is 132 Å². The second-order valence-corrected chi connectivity index (χ2v) is 5.66. The Morgan fingerprint density at radius 3 is 2.91 bits per heavy atom. The third-order valence-electron chi connectivity index (χ3n) is 2.99. The number of carbonyl (C=O) groups excluding carboxylic acids is 1. The van der Waals surface area contributed by atoms with Gasteiger partial charge < -0.3 is 9.09 Å². The molecule has 0 spiro atoms. The molecule has 23 heavy (non-hydrogen) atoms. The molecular weight excluding hydrogens is 324 g/mol. The molecule has 0 aliphatic heterocycles. The minimum atomic E-state index is -0.766. The van der Waals surface area contributed by atoms with E-state index in [-0.39, 0.29) is 22.6 Å². The largest absolute Gasteiger partial charge is 0.361 e. The molecule has 1 amide bonds. The maximum absolute atomic E-state index is 14.0. The second kappa shape index (κ2) is 5.78. The zero-order valence-electron chi connectivity index (χ0n) is 11.8. The van der Waals surface area contributed by atoms with Crippen molar-refractivity contribution in [3.63, 3.8) is 0 Å². The van der Waals surface area contributed by atoms with Crippen LogP contribution in [0.4, 0.5) is 8.78 Å². The molecule has 0 saturated carbocycles. The van der Waals surface area contributed by atoms with Gasteiger partial charge in [0.25, 0.3) is 0 Å². The van der Waals surface area contributed by atoms with Crippen LogP contribution < -0.4 is 4.80 Å². The molecule has 116 valence electrons. The summed E-state index contributed by atoms with van der Waals surface area (Å²) in [5.41, 5.74) is 0.135. The van der Waals surface area contributed by atoms with E-state index in [2.05, 4.69) is 16.1 Å². The third-order valence-corrected chi connectivity index (χ3v) is 4.01. The molecule has 3 aromatic rings. The predicted octanol–water partition coefficient (Wildman–Crippen LogP) is 2.65. The maximum Gasteiger partial charge on any atom is 0.301 e. The minimum absolute atomic E-state index is 0.00743. The summed E-state index contributed by atoms with van der Waals surface area (Å²) in [4.78, 5) is 16.2. The van der Waals surface area contributed by atoms with Gasteiger partial charge in [0, 0.05) is 12.1 Å². The first kappa shape index (κ1) is 15.1. The van der Waals surface area contributed by atoms with Crippen molar-refractivity contribution in [1.82, 2.24) is 9.72 Å². The van der Waals surface area contributed by atoms with Gasteiger partial charge in [0.2, 0.25) is 0 Å². The van der Waals surface area contributed by atoms with Crippen LogP contribution in [0.15, 0.2) is 27.7 Å². The van der Waals surface area contributed by atoms with Gasteiger partial charge >= 0.3 is 5.91 Å². The molecule has 1 aromatic carbocycles. The number of nitrogens with zero attached hydrogens (tertiary/aromatic N) is 3. The van der Waals surface area contributed by atoms with Gasteiger partial charge in [0.1, 0.15) is 11.6 Å². The van der Waals surface area contributed by atoms with E-state index in [9.17, 15) is 13.6 Å². The fraction of sp³-hybridized carbons (Fsp3) is 0.133. The lowest BCUT2D eigenvalue weighted by molar-refractivity contribution is 0.0989. The smallest absolute Gasteiger partial charge is 0.301 e. The van der Waals surface area contributed by atoms with Gasteiger partial charge in [-0.25, -0.2) is 8.78 Å². The minimum Gasteiger partial charge on any atom is -0.361 e. The number of terminal acetylenes is 1. The Balaban J connectivity index is 2.22. The van der Waals surface area contributed by atoms with Gasteiger partial charge in [-0.3, -0.25) is 4.79 Å². The van der Waals surface area contributed by atoms with Crippen LogP contribution in [0.3, 0.4) is 0 Å².